The van der Waals surface area contributed by atoms with E-state index in [0.717, 1.165) is 28.9 Å². The van der Waals surface area contributed by atoms with E-state index in [1.165, 1.54) is 0 Å². The summed E-state index contributed by atoms with van der Waals surface area (Å²) in [6.07, 6.45) is 5.00. The van der Waals surface area contributed by atoms with Gasteiger partial charge in [-0.25, -0.2) is 0 Å². The molecule has 0 fully saturated rings. The first-order valence-electron chi connectivity index (χ1n) is 4.52. The van der Waals surface area contributed by atoms with E-state index >= 15 is 0 Å². The molecule has 14 heavy (non-hydrogen) atoms. The highest BCUT2D eigenvalue weighted by Gasteiger charge is 1.93. The molecule has 0 aromatic carbocycles. The van der Waals surface area contributed by atoms with Crippen molar-refractivity contribution < 1.29 is 4.74 Å². The van der Waals surface area contributed by atoms with Gasteiger partial charge < -0.3 is 4.74 Å². The fourth-order valence-electron chi connectivity index (χ4n) is 1.13. The third-order valence-corrected chi connectivity index (χ3v) is 2.17. The molecule has 0 saturated carbocycles. The molecule has 0 unspecified atom stereocenters. The van der Waals surface area contributed by atoms with Crippen LogP contribution in [-0.4, -0.2) is 18.7 Å². The molecule has 0 N–H and O–H groups in total. The summed E-state index contributed by atoms with van der Waals surface area (Å²) in [6, 6.07) is 3.99. The maximum absolute atomic E-state index is 4.95. The molecule has 0 amide bonds. The molecular weight excluding hydrogens is 242 g/mol. The Morgan fingerprint density at radius 2 is 2.29 bits per heavy atom. The van der Waals surface area contributed by atoms with Crippen LogP contribution in [0.4, 0.5) is 0 Å². The van der Waals surface area contributed by atoms with Gasteiger partial charge in [-0.1, -0.05) is 22.0 Å². The average molecular weight is 256 g/mol. The summed E-state index contributed by atoms with van der Waals surface area (Å²) in [7, 11) is 1.70. The molecule has 0 spiro atoms. The summed E-state index contributed by atoms with van der Waals surface area (Å²) >= 11 is 3.44. The predicted molar refractivity (Wildman–Crippen MR) is 62.2 cm³/mol. The van der Waals surface area contributed by atoms with Crippen molar-refractivity contribution in [1.82, 2.24) is 4.98 Å². The Balaban J connectivity index is 2.62. The van der Waals surface area contributed by atoms with Gasteiger partial charge in [0.25, 0.3) is 0 Å². The predicted octanol–water partition coefficient (Wildman–Crippen LogP) is 3.20. The highest BCUT2D eigenvalue weighted by atomic mass is 79.9. The lowest BCUT2D eigenvalue weighted by molar-refractivity contribution is 0.204. The van der Waals surface area contributed by atoms with Crippen molar-refractivity contribution in [2.45, 2.75) is 13.3 Å². The molecule has 1 aromatic rings. The molecule has 0 saturated heterocycles. The largest absolute Gasteiger partial charge is 0.384 e. The zero-order valence-corrected chi connectivity index (χ0v) is 10.0. The van der Waals surface area contributed by atoms with Gasteiger partial charge in [0.2, 0.25) is 0 Å². The smallest absolute Gasteiger partial charge is 0.0640 e. The molecule has 76 valence electrons. The summed E-state index contributed by atoms with van der Waals surface area (Å²) in [5.41, 5.74) is 2.00. The zero-order chi connectivity index (χ0) is 10.4. The number of hydrogen-bond donors (Lipinski definition) is 0. The van der Waals surface area contributed by atoms with E-state index < -0.39 is 0 Å². The number of ether oxygens (including phenoxy) is 1. The summed E-state index contributed by atoms with van der Waals surface area (Å²) < 4.78 is 6.01. The quantitative estimate of drug-likeness (QED) is 0.772. The van der Waals surface area contributed by atoms with Gasteiger partial charge in [-0.15, -0.1) is 0 Å². The molecule has 1 rings (SSSR count). The standard InChI is InChI=1S/C11H14BrNO/c1-9-7-10(12)8-11(13-9)5-3-4-6-14-2/h3,5,7-8H,4,6H2,1-2H3. The second kappa shape index (κ2) is 5.94. The van der Waals surface area contributed by atoms with Crippen LogP contribution in [-0.2, 0) is 4.74 Å². The molecule has 2 nitrogen and oxygen atoms in total. The zero-order valence-electron chi connectivity index (χ0n) is 8.46. The average Bonchev–Trinajstić information content (AvgIpc) is 2.11. The van der Waals surface area contributed by atoms with Crippen LogP contribution in [0.5, 0.6) is 0 Å². The van der Waals surface area contributed by atoms with Crippen molar-refractivity contribution in [3.05, 3.63) is 34.1 Å². The Labute approximate surface area is 93.1 Å². The number of nitrogens with zero attached hydrogens (tertiary/aromatic N) is 1. The first-order chi connectivity index (χ1) is 6.72. The van der Waals surface area contributed by atoms with Crippen molar-refractivity contribution in [3.8, 4) is 0 Å². The van der Waals surface area contributed by atoms with Crippen LogP contribution in [0.15, 0.2) is 22.7 Å². The number of methoxy groups -OCH3 is 1. The van der Waals surface area contributed by atoms with Crippen LogP contribution < -0.4 is 0 Å². The number of rotatable bonds is 4. The van der Waals surface area contributed by atoms with E-state index in [1.807, 2.05) is 25.1 Å². The van der Waals surface area contributed by atoms with Gasteiger partial charge in [0.15, 0.2) is 0 Å². The van der Waals surface area contributed by atoms with Crippen LogP contribution >= 0.6 is 15.9 Å². The molecule has 0 aliphatic carbocycles. The topological polar surface area (TPSA) is 22.1 Å². The van der Waals surface area contributed by atoms with Gasteiger partial charge in [0.1, 0.15) is 0 Å². The van der Waals surface area contributed by atoms with E-state index in [9.17, 15) is 0 Å². The van der Waals surface area contributed by atoms with Gasteiger partial charge in [-0.05, 0) is 31.6 Å². The summed E-state index contributed by atoms with van der Waals surface area (Å²) in [4.78, 5) is 4.37. The van der Waals surface area contributed by atoms with Crippen molar-refractivity contribution in [3.63, 3.8) is 0 Å². The van der Waals surface area contributed by atoms with Crippen molar-refractivity contribution >= 4 is 22.0 Å². The van der Waals surface area contributed by atoms with Gasteiger partial charge in [-0.3, -0.25) is 4.98 Å². The lowest BCUT2D eigenvalue weighted by atomic mass is 10.3. The molecule has 0 atom stereocenters. The molecule has 1 heterocycles. The number of aromatic nitrogens is 1. The summed E-state index contributed by atoms with van der Waals surface area (Å²) in [5, 5.41) is 0. The number of aryl methyl sites for hydroxylation is 1. The van der Waals surface area contributed by atoms with Crippen LogP contribution in [0.25, 0.3) is 6.08 Å². The van der Waals surface area contributed by atoms with Gasteiger partial charge in [0, 0.05) is 23.9 Å². The van der Waals surface area contributed by atoms with Crippen LogP contribution in [0.3, 0.4) is 0 Å². The fraction of sp³-hybridized carbons (Fsp3) is 0.364. The molecule has 0 aliphatic rings. The molecule has 0 radical (unpaired) electrons. The third-order valence-electron chi connectivity index (χ3n) is 1.72. The second-order valence-corrected chi connectivity index (χ2v) is 3.95. The van der Waals surface area contributed by atoms with E-state index in [-0.39, 0.29) is 0 Å². The normalized spacial score (nSPS) is 11.1. The van der Waals surface area contributed by atoms with Gasteiger partial charge in [-0.2, -0.15) is 0 Å². The van der Waals surface area contributed by atoms with Gasteiger partial charge >= 0.3 is 0 Å². The lowest BCUT2D eigenvalue weighted by Crippen LogP contribution is -1.87. The first kappa shape index (κ1) is 11.4. The first-order valence-corrected chi connectivity index (χ1v) is 5.31. The molecule has 3 heteroatoms. The fourth-order valence-corrected chi connectivity index (χ4v) is 1.69. The Kier molecular flexibility index (Phi) is 4.84. The minimum absolute atomic E-state index is 0.753. The monoisotopic (exact) mass is 255 g/mol. The van der Waals surface area contributed by atoms with E-state index in [2.05, 4.69) is 27.0 Å². The Morgan fingerprint density at radius 3 is 2.93 bits per heavy atom. The maximum atomic E-state index is 4.95. The molecule has 0 aliphatic heterocycles. The molecule has 0 bridgehead atoms. The summed E-state index contributed by atoms with van der Waals surface area (Å²) in [5.74, 6) is 0. The Bertz CT molecular complexity index is 303. The molecule has 1 aromatic heterocycles. The van der Waals surface area contributed by atoms with E-state index in [4.69, 9.17) is 4.74 Å². The van der Waals surface area contributed by atoms with Gasteiger partial charge in [0.05, 0.1) is 5.69 Å². The highest BCUT2D eigenvalue weighted by Crippen LogP contribution is 2.13. The van der Waals surface area contributed by atoms with Crippen LogP contribution in [0, 0.1) is 6.92 Å². The lowest BCUT2D eigenvalue weighted by Gasteiger charge is -1.97. The number of halogens is 1. The van der Waals surface area contributed by atoms with E-state index in [1.54, 1.807) is 7.11 Å². The van der Waals surface area contributed by atoms with Crippen LogP contribution in [0.2, 0.25) is 0 Å². The minimum Gasteiger partial charge on any atom is -0.384 e. The number of hydrogen-bond acceptors (Lipinski definition) is 2. The van der Waals surface area contributed by atoms with Crippen molar-refractivity contribution in [2.75, 3.05) is 13.7 Å². The third kappa shape index (κ3) is 4.03. The Hall–Kier alpha value is -0.670. The highest BCUT2D eigenvalue weighted by molar-refractivity contribution is 9.10. The van der Waals surface area contributed by atoms with E-state index in [0.29, 0.717) is 0 Å². The Morgan fingerprint density at radius 1 is 1.50 bits per heavy atom. The SMILES string of the molecule is COCCC=Cc1cc(Br)cc(C)n1. The minimum atomic E-state index is 0.753. The van der Waals surface area contributed by atoms with Crippen LogP contribution in [0.1, 0.15) is 17.8 Å². The van der Waals surface area contributed by atoms with Crippen molar-refractivity contribution in [2.24, 2.45) is 0 Å². The number of pyridine rings is 1. The molecular formula is C11H14BrNO. The second-order valence-electron chi connectivity index (χ2n) is 3.04. The summed E-state index contributed by atoms with van der Waals surface area (Å²) in [6.45, 7) is 2.74. The van der Waals surface area contributed by atoms with Crippen molar-refractivity contribution in [1.29, 1.82) is 0 Å². The maximum Gasteiger partial charge on any atom is 0.0640 e.